The molecule has 0 saturated heterocycles. The zero-order valence-electron chi connectivity index (χ0n) is 9.00. The first-order chi connectivity index (χ1) is 7.58. The molecule has 1 rings (SSSR count). The molecular weight excluding hydrogens is 295 g/mol. The van der Waals surface area contributed by atoms with Gasteiger partial charge in [0, 0.05) is 10.4 Å². The van der Waals surface area contributed by atoms with Crippen LogP contribution < -0.4 is 4.74 Å². The van der Waals surface area contributed by atoms with Crippen molar-refractivity contribution in [1.82, 2.24) is 0 Å². The van der Waals surface area contributed by atoms with E-state index in [0.29, 0.717) is 16.1 Å². The average molecular weight is 308 g/mol. The second kappa shape index (κ2) is 6.11. The number of esters is 1. The van der Waals surface area contributed by atoms with Crippen molar-refractivity contribution < 1.29 is 14.3 Å². The van der Waals surface area contributed by atoms with Crippen LogP contribution in [0.1, 0.15) is 12.5 Å². The van der Waals surface area contributed by atoms with Gasteiger partial charge < -0.3 is 9.47 Å². The highest BCUT2D eigenvalue weighted by molar-refractivity contribution is 9.08. The summed E-state index contributed by atoms with van der Waals surface area (Å²) < 4.78 is 9.98. The zero-order chi connectivity index (χ0) is 12.1. The van der Waals surface area contributed by atoms with Gasteiger partial charge in [-0.25, -0.2) is 4.79 Å². The molecule has 0 aliphatic carbocycles. The Morgan fingerprint density at radius 3 is 2.81 bits per heavy atom. The Bertz CT molecular complexity index is 381. The minimum absolute atomic E-state index is 0.407. The van der Waals surface area contributed by atoms with Crippen LogP contribution in [-0.2, 0) is 14.9 Å². The Kier molecular flexibility index (Phi) is 5.09. The number of methoxy groups -OCH3 is 1. The maximum atomic E-state index is 11.2. The van der Waals surface area contributed by atoms with E-state index in [2.05, 4.69) is 20.7 Å². The maximum Gasteiger partial charge on any atom is 0.346 e. The molecule has 5 heteroatoms. The lowest BCUT2D eigenvalue weighted by Gasteiger charge is -2.13. The van der Waals surface area contributed by atoms with Crippen LogP contribution >= 0.6 is 27.5 Å². The molecule has 0 aliphatic heterocycles. The third-order valence-electron chi connectivity index (χ3n) is 2.01. The summed E-state index contributed by atoms with van der Waals surface area (Å²) in [7, 11) is 1.33. The van der Waals surface area contributed by atoms with Crippen LogP contribution in [0.2, 0.25) is 5.02 Å². The SMILES string of the molecule is COC(=O)[C@@H](C)Oc1ccc(Cl)c(CBr)c1. The van der Waals surface area contributed by atoms with E-state index < -0.39 is 12.1 Å². The highest BCUT2D eigenvalue weighted by Gasteiger charge is 2.15. The summed E-state index contributed by atoms with van der Waals surface area (Å²) in [6.07, 6.45) is -0.630. The minimum Gasteiger partial charge on any atom is -0.479 e. The first kappa shape index (κ1) is 13.3. The predicted molar refractivity (Wildman–Crippen MR) is 66.2 cm³/mol. The molecule has 0 N–H and O–H groups in total. The molecule has 0 bridgehead atoms. The van der Waals surface area contributed by atoms with Crippen molar-refractivity contribution in [1.29, 1.82) is 0 Å². The molecule has 0 aliphatic rings. The zero-order valence-corrected chi connectivity index (χ0v) is 11.3. The van der Waals surface area contributed by atoms with Gasteiger partial charge in [0.1, 0.15) is 5.75 Å². The third-order valence-corrected chi connectivity index (χ3v) is 2.98. The number of hydrogen-bond acceptors (Lipinski definition) is 3. The Morgan fingerprint density at radius 1 is 1.56 bits per heavy atom. The summed E-state index contributed by atoms with van der Waals surface area (Å²) in [5, 5.41) is 1.30. The monoisotopic (exact) mass is 306 g/mol. The summed E-state index contributed by atoms with van der Waals surface area (Å²) >= 11 is 9.27. The van der Waals surface area contributed by atoms with Crippen molar-refractivity contribution in [3.8, 4) is 5.75 Å². The van der Waals surface area contributed by atoms with Crippen molar-refractivity contribution in [2.24, 2.45) is 0 Å². The normalized spacial score (nSPS) is 12.0. The number of benzene rings is 1. The molecule has 3 nitrogen and oxygen atoms in total. The van der Waals surface area contributed by atoms with E-state index >= 15 is 0 Å². The largest absolute Gasteiger partial charge is 0.479 e. The summed E-state index contributed by atoms with van der Waals surface area (Å²) in [5.41, 5.74) is 0.913. The molecule has 1 atom stereocenters. The highest BCUT2D eigenvalue weighted by atomic mass is 79.9. The fraction of sp³-hybridized carbons (Fsp3) is 0.364. The molecule has 0 saturated carbocycles. The molecule has 1 aromatic rings. The minimum atomic E-state index is -0.630. The Labute approximate surface area is 108 Å². The molecule has 16 heavy (non-hydrogen) atoms. The van der Waals surface area contributed by atoms with E-state index in [4.69, 9.17) is 16.3 Å². The number of rotatable bonds is 4. The van der Waals surface area contributed by atoms with E-state index in [1.165, 1.54) is 7.11 Å². The van der Waals surface area contributed by atoms with Crippen LogP contribution in [-0.4, -0.2) is 19.2 Å². The Hall–Kier alpha value is -0.740. The van der Waals surface area contributed by atoms with Crippen molar-refractivity contribution >= 4 is 33.5 Å². The molecule has 0 spiro atoms. The van der Waals surface area contributed by atoms with E-state index in [1.54, 1.807) is 25.1 Å². The van der Waals surface area contributed by atoms with Gasteiger partial charge in [-0.3, -0.25) is 0 Å². The first-order valence-corrected chi connectivity index (χ1v) is 6.17. The summed E-state index contributed by atoms with van der Waals surface area (Å²) in [6.45, 7) is 1.63. The second-order valence-electron chi connectivity index (χ2n) is 3.17. The van der Waals surface area contributed by atoms with Gasteiger partial charge in [-0.2, -0.15) is 0 Å². The standard InChI is InChI=1S/C11H12BrClO3/c1-7(11(14)15-2)16-9-3-4-10(13)8(5-9)6-12/h3-5,7H,6H2,1-2H3/t7-/m1/s1. The Balaban J connectivity index is 2.78. The van der Waals surface area contributed by atoms with Gasteiger partial charge in [0.2, 0.25) is 0 Å². The summed E-state index contributed by atoms with van der Waals surface area (Å²) in [4.78, 5) is 11.2. The van der Waals surface area contributed by atoms with Gasteiger partial charge in [0.15, 0.2) is 6.10 Å². The van der Waals surface area contributed by atoms with Gasteiger partial charge in [0.05, 0.1) is 7.11 Å². The number of ether oxygens (including phenoxy) is 2. The quantitative estimate of drug-likeness (QED) is 0.633. The first-order valence-electron chi connectivity index (χ1n) is 4.67. The van der Waals surface area contributed by atoms with Crippen molar-refractivity contribution in [2.75, 3.05) is 7.11 Å². The lowest BCUT2D eigenvalue weighted by Crippen LogP contribution is -2.24. The van der Waals surface area contributed by atoms with E-state index in [-0.39, 0.29) is 0 Å². The van der Waals surface area contributed by atoms with Gasteiger partial charge in [0.25, 0.3) is 0 Å². The number of hydrogen-bond donors (Lipinski definition) is 0. The predicted octanol–water partition coefficient (Wildman–Crippen LogP) is 3.18. The number of carbonyl (C=O) groups is 1. The van der Waals surface area contributed by atoms with Gasteiger partial charge in [-0.05, 0) is 30.7 Å². The van der Waals surface area contributed by atoms with E-state index in [0.717, 1.165) is 5.56 Å². The Morgan fingerprint density at radius 2 is 2.25 bits per heavy atom. The van der Waals surface area contributed by atoms with E-state index in [9.17, 15) is 4.79 Å². The fourth-order valence-electron chi connectivity index (χ4n) is 1.15. The molecule has 0 radical (unpaired) electrons. The van der Waals surface area contributed by atoms with Crippen LogP contribution in [0, 0.1) is 0 Å². The van der Waals surface area contributed by atoms with E-state index in [1.807, 2.05) is 0 Å². The van der Waals surface area contributed by atoms with Crippen LogP contribution in [0.3, 0.4) is 0 Å². The average Bonchev–Trinajstić information content (AvgIpc) is 2.30. The van der Waals surface area contributed by atoms with Crippen molar-refractivity contribution in [3.63, 3.8) is 0 Å². The van der Waals surface area contributed by atoms with Crippen molar-refractivity contribution in [3.05, 3.63) is 28.8 Å². The fourth-order valence-corrected chi connectivity index (χ4v) is 1.95. The molecule has 0 heterocycles. The van der Waals surface area contributed by atoms with Crippen LogP contribution in [0.5, 0.6) is 5.75 Å². The maximum absolute atomic E-state index is 11.2. The van der Waals surface area contributed by atoms with Crippen LogP contribution in [0.25, 0.3) is 0 Å². The molecule has 1 aromatic carbocycles. The van der Waals surface area contributed by atoms with Crippen molar-refractivity contribution in [2.45, 2.75) is 18.4 Å². The molecule has 0 aromatic heterocycles. The lowest BCUT2D eigenvalue weighted by molar-refractivity contribution is -0.147. The summed E-state index contributed by atoms with van der Waals surface area (Å²) in [6, 6.07) is 5.24. The molecular formula is C11H12BrClO3. The van der Waals surface area contributed by atoms with Gasteiger partial charge >= 0.3 is 5.97 Å². The third kappa shape index (κ3) is 3.39. The van der Waals surface area contributed by atoms with Gasteiger partial charge in [-0.1, -0.05) is 27.5 Å². The molecule has 88 valence electrons. The summed E-state index contributed by atoms with van der Waals surface area (Å²) in [5.74, 6) is 0.187. The number of carbonyl (C=O) groups excluding carboxylic acids is 1. The highest BCUT2D eigenvalue weighted by Crippen LogP contribution is 2.24. The van der Waals surface area contributed by atoms with Crippen LogP contribution in [0.15, 0.2) is 18.2 Å². The molecule has 0 unspecified atom stereocenters. The number of halogens is 2. The smallest absolute Gasteiger partial charge is 0.346 e. The lowest BCUT2D eigenvalue weighted by atomic mass is 10.2. The second-order valence-corrected chi connectivity index (χ2v) is 4.14. The molecule has 0 fully saturated rings. The topological polar surface area (TPSA) is 35.5 Å². The van der Waals surface area contributed by atoms with Crippen LogP contribution in [0.4, 0.5) is 0 Å². The number of alkyl halides is 1. The van der Waals surface area contributed by atoms with Gasteiger partial charge in [-0.15, -0.1) is 0 Å². The molecule has 0 amide bonds.